The van der Waals surface area contributed by atoms with Gasteiger partial charge in [0.2, 0.25) is 0 Å². The number of aromatic nitrogens is 1. The van der Waals surface area contributed by atoms with Crippen molar-refractivity contribution < 1.29 is 23.5 Å². The van der Waals surface area contributed by atoms with Crippen molar-refractivity contribution in [1.82, 2.24) is 10.3 Å². The summed E-state index contributed by atoms with van der Waals surface area (Å²) in [6.07, 6.45) is 5.88. The molecule has 7 heteroatoms. The average Bonchev–Trinajstić information content (AvgIpc) is 3.48. The summed E-state index contributed by atoms with van der Waals surface area (Å²) in [6.45, 7) is 0. The lowest BCUT2D eigenvalue weighted by Crippen LogP contribution is -2.24. The highest BCUT2D eigenvalue weighted by Crippen LogP contribution is 2.34. The molecule has 1 N–H and O–H groups in total. The first kappa shape index (κ1) is 18.2. The van der Waals surface area contributed by atoms with Crippen LogP contribution in [0.15, 0.2) is 53.3 Å². The summed E-state index contributed by atoms with van der Waals surface area (Å²) in [5.41, 5.74) is 2.13. The van der Waals surface area contributed by atoms with Gasteiger partial charge in [-0.1, -0.05) is 0 Å². The van der Waals surface area contributed by atoms with Crippen molar-refractivity contribution in [2.24, 2.45) is 0 Å². The minimum Gasteiger partial charge on any atom is -0.496 e. The Kier molecular flexibility index (Phi) is 4.35. The highest BCUT2D eigenvalue weighted by Gasteiger charge is 2.25. The Hall–Kier alpha value is -3.87. The lowest BCUT2D eigenvalue weighted by molar-refractivity contribution is 0.0951. The number of furan rings is 1. The SMILES string of the molecule is COc1cc2nccc(Oc3ccc4c(C(=O)NC5CC5)coc4c3)c2cc1C=O. The molecule has 30 heavy (non-hydrogen) atoms. The molecule has 1 saturated carbocycles. The Morgan fingerprint density at radius 1 is 1.17 bits per heavy atom. The van der Waals surface area contributed by atoms with Crippen LogP contribution in [0.25, 0.3) is 21.9 Å². The normalized spacial score (nSPS) is 13.4. The zero-order chi connectivity index (χ0) is 20.7. The molecular weight excluding hydrogens is 384 g/mol. The number of nitrogens with one attached hydrogen (secondary N) is 1. The van der Waals surface area contributed by atoms with Crippen LogP contribution in [-0.2, 0) is 0 Å². The number of carbonyl (C=O) groups excluding carboxylic acids is 2. The molecule has 0 bridgehead atoms. The second kappa shape index (κ2) is 7.18. The van der Waals surface area contributed by atoms with Crippen molar-refractivity contribution in [3.05, 3.63) is 60.0 Å². The number of ether oxygens (including phenoxy) is 2. The molecule has 2 aromatic carbocycles. The number of hydrogen-bond acceptors (Lipinski definition) is 6. The molecule has 150 valence electrons. The zero-order valence-electron chi connectivity index (χ0n) is 16.2. The number of pyridine rings is 1. The van der Waals surface area contributed by atoms with Gasteiger partial charge >= 0.3 is 0 Å². The summed E-state index contributed by atoms with van der Waals surface area (Å²) >= 11 is 0. The van der Waals surface area contributed by atoms with Gasteiger partial charge in [0.05, 0.1) is 23.8 Å². The number of hydrogen-bond donors (Lipinski definition) is 1. The fourth-order valence-corrected chi connectivity index (χ4v) is 3.39. The molecular formula is C23H18N2O5. The van der Waals surface area contributed by atoms with E-state index in [1.165, 1.54) is 13.4 Å². The number of carbonyl (C=O) groups is 2. The molecule has 0 saturated heterocycles. The molecule has 1 fully saturated rings. The van der Waals surface area contributed by atoms with Gasteiger partial charge in [-0.25, -0.2) is 0 Å². The van der Waals surface area contributed by atoms with Crippen molar-refractivity contribution in [1.29, 1.82) is 0 Å². The third-order valence-corrected chi connectivity index (χ3v) is 5.11. The number of benzene rings is 2. The van der Waals surface area contributed by atoms with Crippen LogP contribution >= 0.6 is 0 Å². The summed E-state index contributed by atoms with van der Waals surface area (Å²) in [6, 6.07) is 10.7. The van der Waals surface area contributed by atoms with Crippen LogP contribution in [0.1, 0.15) is 33.6 Å². The van der Waals surface area contributed by atoms with Crippen molar-refractivity contribution in [3.63, 3.8) is 0 Å². The lowest BCUT2D eigenvalue weighted by Gasteiger charge is -2.11. The van der Waals surface area contributed by atoms with Crippen molar-refractivity contribution >= 4 is 34.1 Å². The predicted octanol–water partition coefficient (Wildman–Crippen LogP) is 4.49. The van der Waals surface area contributed by atoms with Gasteiger partial charge in [-0.15, -0.1) is 0 Å². The molecule has 0 aliphatic heterocycles. The van der Waals surface area contributed by atoms with Crippen LogP contribution < -0.4 is 14.8 Å². The molecule has 7 nitrogen and oxygen atoms in total. The quantitative estimate of drug-likeness (QED) is 0.478. The Bertz CT molecular complexity index is 1290. The van der Waals surface area contributed by atoms with Gasteiger partial charge in [0.15, 0.2) is 6.29 Å². The van der Waals surface area contributed by atoms with E-state index in [4.69, 9.17) is 13.9 Å². The fourth-order valence-electron chi connectivity index (χ4n) is 3.39. The highest BCUT2D eigenvalue weighted by atomic mass is 16.5. The maximum Gasteiger partial charge on any atom is 0.255 e. The maximum atomic E-state index is 12.4. The smallest absolute Gasteiger partial charge is 0.255 e. The molecule has 2 heterocycles. The molecule has 5 rings (SSSR count). The molecule has 0 spiro atoms. The fraction of sp³-hybridized carbons (Fsp3) is 0.174. The van der Waals surface area contributed by atoms with Gasteiger partial charge in [-0.3, -0.25) is 14.6 Å². The van der Waals surface area contributed by atoms with E-state index < -0.39 is 0 Å². The van der Waals surface area contributed by atoms with Crippen molar-refractivity contribution in [3.8, 4) is 17.2 Å². The Labute approximate surface area is 171 Å². The number of amides is 1. The van der Waals surface area contributed by atoms with Gasteiger partial charge in [0, 0.05) is 35.1 Å². The van der Waals surface area contributed by atoms with Crippen LogP contribution in [0.4, 0.5) is 0 Å². The lowest BCUT2D eigenvalue weighted by atomic mass is 10.1. The van der Waals surface area contributed by atoms with E-state index in [-0.39, 0.29) is 11.9 Å². The standard InChI is InChI=1S/C23H18N2O5/c1-28-21-10-19-17(8-13(21)11-26)20(6-7-24-19)30-15-4-5-16-18(12-29-22(16)9-15)23(27)25-14-2-3-14/h4-12,14H,2-3H2,1H3,(H,25,27). The van der Waals surface area contributed by atoms with Crippen LogP contribution in [0.5, 0.6) is 17.2 Å². The monoisotopic (exact) mass is 402 g/mol. The molecule has 0 radical (unpaired) electrons. The summed E-state index contributed by atoms with van der Waals surface area (Å²) in [7, 11) is 1.51. The topological polar surface area (TPSA) is 90.7 Å². The summed E-state index contributed by atoms with van der Waals surface area (Å²) in [5.74, 6) is 1.42. The van der Waals surface area contributed by atoms with E-state index in [9.17, 15) is 9.59 Å². The van der Waals surface area contributed by atoms with Gasteiger partial charge < -0.3 is 19.2 Å². The minimum absolute atomic E-state index is 0.125. The molecule has 0 unspecified atom stereocenters. The molecule has 0 atom stereocenters. The van der Waals surface area contributed by atoms with Crippen LogP contribution in [0.3, 0.4) is 0 Å². The second-order valence-electron chi connectivity index (χ2n) is 7.20. The maximum absolute atomic E-state index is 12.4. The van der Waals surface area contributed by atoms with E-state index in [0.29, 0.717) is 44.9 Å². The summed E-state index contributed by atoms with van der Waals surface area (Å²) < 4.78 is 16.9. The van der Waals surface area contributed by atoms with Gasteiger partial charge in [0.25, 0.3) is 5.91 Å². The van der Waals surface area contributed by atoms with Crippen molar-refractivity contribution in [2.45, 2.75) is 18.9 Å². The third kappa shape index (κ3) is 3.24. The van der Waals surface area contributed by atoms with E-state index in [0.717, 1.165) is 24.5 Å². The number of methoxy groups -OCH3 is 1. The first-order valence-corrected chi connectivity index (χ1v) is 9.58. The van der Waals surface area contributed by atoms with Crippen molar-refractivity contribution in [2.75, 3.05) is 7.11 Å². The number of rotatable bonds is 6. The average molecular weight is 402 g/mol. The van der Waals surface area contributed by atoms with Crippen LogP contribution in [0, 0.1) is 0 Å². The molecule has 4 aromatic rings. The van der Waals surface area contributed by atoms with E-state index in [2.05, 4.69) is 10.3 Å². The predicted molar refractivity (Wildman–Crippen MR) is 110 cm³/mol. The first-order valence-electron chi connectivity index (χ1n) is 9.58. The molecule has 1 aliphatic carbocycles. The highest BCUT2D eigenvalue weighted by molar-refractivity contribution is 6.06. The molecule has 2 aromatic heterocycles. The number of aldehydes is 1. The van der Waals surface area contributed by atoms with Gasteiger partial charge in [0.1, 0.15) is 29.1 Å². The second-order valence-corrected chi connectivity index (χ2v) is 7.20. The Morgan fingerprint density at radius 3 is 2.80 bits per heavy atom. The number of nitrogens with zero attached hydrogens (tertiary/aromatic N) is 1. The molecule has 1 amide bonds. The van der Waals surface area contributed by atoms with Gasteiger partial charge in [-0.2, -0.15) is 0 Å². The van der Waals surface area contributed by atoms with E-state index in [1.807, 2.05) is 0 Å². The minimum atomic E-state index is -0.125. The summed E-state index contributed by atoms with van der Waals surface area (Å²) in [5, 5.41) is 4.38. The Morgan fingerprint density at radius 2 is 2.03 bits per heavy atom. The van der Waals surface area contributed by atoms with Crippen LogP contribution in [0.2, 0.25) is 0 Å². The van der Waals surface area contributed by atoms with E-state index >= 15 is 0 Å². The Balaban J connectivity index is 1.48. The largest absolute Gasteiger partial charge is 0.496 e. The van der Waals surface area contributed by atoms with Gasteiger partial charge in [-0.05, 0) is 37.1 Å². The number of fused-ring (bicyclic) bond motifs is 2. The zero-order valence-corrected chi connectivity index (χ0v) is 16.2. The van der Waals surface area contributed by atoms with E-state index in [1.54, 1.807) is 42.6 Å². The molecule has 1 aliphatic rings. The van der Waals surface area contributed by atoms with Crippen LogP contribution in [-0.4, -0.2) is 30.3 Å². The third-order valence-electron chi connectivity index (χ3n) is 5.11. The first-order chi connectivity index (χ1) is 14.7. The summed E-state index contributed by atoms with van der Waals surface area (Å²) in [4.78, 5) is 28.1.